The minimum absolute atomic E-state index is 0.282. The van der Waals surface area contributed by atoms with Gasteiger partial charge in [-0.05, 0) is 37.1 Å². The summed E-state index contributed by atoms with van der Waals surface area (Å²) in [6, 6.07) is 2.35. The summed E-state index contributed by atoms with van der Waals surface area (Å²) in [6.07, 6.45) is 8.78. The minimum Gasteiger partial charge on any atom is -0.345 e. The molecule has 124 valence electrons. The third kappa shape index (κ3) is 2.22. The monoisotopic (exact) mass is 340 g/mol. The van der Waals surface area contributed by atoms with Gasteiger partial charge in [0.15, 0.2) is 11.6 Å². The molecular weight excluding hydrogens is 320 g/mol. The maximum absolute atomic E-state index is 4.62. The lowest BCUT2D eigenvalue weighted by atomic mass is 10.2. The molecule has 0 aromatic carbocycles. The highest BCUT2D eigenvalue weighted by Gasteiger charge is 2.33. The Morgan fingerprint density at radius 3 is 3.04 bits per heavy atom. The Morgan fingerprint density at radius 2 is 2.04 bits per heavy atom. The molecule has 0 amide bonds. The molecule has 1 saturated heterocycles. The summed E-state index contributed by atoms with van der Waals surface area (Å²) in [4.78, 5) is 11.4. The van der Waals surface area contributed by atoms with E-state index in [1.165, 1.54) is 36.2 Å². The van der Waals surface area contributed by atoms with Crippen LogP contribution < -0.4 is 4.90 Å². The van der Waals surface area contributed by atoms with Crippen molar-refractivity contribution in [2.75, 3.05) is 11.4 Å². The number of nitrogens with zero attached hydrogens (tertiary/aromatic N) is 6. The van der Waals surface area contributed by atoms with E-state index in [-0.39, 0.29) is 6.04 Å². The normalized spacial score (nSPS) is 21.2. The molecule has 2 aliphatic rings. The zero-order valence-corrected chi connectivity index (χ0v) is 14.4. The van der Waals surface area contributed by atoms with Crippen LogP contribution in [0.25, 0.3) is 10.2 Å². The summed E-state index contributed by atoms with van der Waals surface area (Å²) in [5, 5.41) is 11.2. The molecule has 2 aliphatic heterocycles. The molecule has 5 rings (SSSR count). The van der Waals surface area contributed by atoms with E-state index in [1.54, 1.807) is 17.7 Å². The molecule has 0 bridgehead atoms. The smallest absolute Gasteiger partial charge is 0.155 e. The van der Waals surface area contributed by atoms with Gasteiger partial charge in [-0.25, -0.2) is 9.97 Å². The van der Waals surface area contributed by atoms with E-state index in [0.717, 1.165) is 43.1 Å². The van der Waals surface area contributed by atoms with Crippen LogP contribution in [0, 0.1) is 0 Å². The standard InChI is InChI=1S/C17H20N6S/c1-2-6-14-20-21-16(23(14)8-3-1)13-5-4-9-22(13)17-15-12(7-10-24-15)18-11-19-17/h7,10-11,13H,1-6,8-9H2. The molecule has 5 heterocycles. The Morgan fingerprint density at radius 1 is 1.04 bits per heavy atom. The second-order valence-corrected chi connectivity index (χ2v) is 7.54. The van der Waals surface area contributed by atoms with Gasteiger partial charge >= 0.3 is 0 Å². The van der Waals surface area contributed by atoms with Gasteiger partial charge in [-0.3, -0.25) is 0 Å². The fourth-order valence-corrected chi connectivity index (χ4v) is 4.87. The van der Waals surface area contributed by atoms with E-state index in [4.69, 9.17) is 0 Å². The lowest BCUT2D eigenvalue weighted by Crippen LogP contribution is -2.26. The van der Waals surface area contributed by atoms with Crippen molar-refractivity contribution in [2.24, 2.45) is 0 Å². The van der Waals surface area contributed by atoms with Gasteiger partial charge in [0, 0.05) is 19.5 Å². The molecule has 1 unspecified atom stereocenters. The van der Waals surface area contributed by atoms with Crippen LogP contribution in [0.1, 0.15) is 49.8 Å². The van der Waals surface area contributed by atoms with Crippen molar-refractivity contribution in [3.63, 3.8) is 0 Å². The number of aryl methyl sites for hydroxylation is 1. The van der Waals surface area contributed by atoms with E-state index < -0.39 is 0 Å². The van der Waals surface area contributed by atoms with Gasteiger partial charge in [0.25, 0.3) is 0 Å². The van der Waals surface area contributed by atoms with Crippen LogP contribution in [-0.2, 0) is 13.0 Å². The first-order valence-electron chi connectivity index (χ1n) is 8.78. The molecule has 0 spiro atoms. The Bertz CT molecular complexity index is 869. The van der Waals surface area contributed by atoms with E-state index in [9.17, 15) is 0 Å². The highest BCUT2D eigenvalue weighted by Crippen LogP contribution is 2.39. The van der Waals surface area contributed by atoms with Gasteiger partial charge in [0.2, 0.25) is 0 Å². The molecule has 0 N–H and O–H groups in total. The lowest BCUT2D eigenvalue weighted by Gasteiger charge is -2.25. The fourth-order valence-electron chi connectivity index (χ4n) is 4.02. The van der Waals surface area contributed by atoms with E-state index >= 15 is 0 Å². The van der Waals surface area contributed by atoms with Crippen LogP contribution in [-0.4, -0.2) is 31.3 Å². The van der Waals surface area contributed by atoms with Crippen molar-refractivity contribution in [3.8, 4) is 0 Å². The second-order valence-electron chi connectivity index (χ2n) is 6.62. The number of hydrogen-bond donors (Lipinski definition) is 0. The van der Waals surface area contributed by atoms with Gasteiger partial charge in [-0.1, -0.05) is 6.42 Å². The Hall–Kier alpha value is -2.02. The molecule has 7 heteroatoms. The number of anilines is 1. The zero-order chi connectivity index (χ0) is 15.9. The van der Waals surface area contributed by atoms with E-state index in [0.29, 0.717) is 0 Å². The van der Waals surface area contributed by atoms with E-state index in [2.05, 4.69) is 41.1 Å². The fraction of sp³-hybridized carbons (Fsp3) is 0.529. The number of fused-ring (bicyclic) bond motifs is 2. The molecule has 6 nitrogen and oxygen atoms in total. The molecule has 24 heavy (non-hydrogen) atoms. The SMILES string of the molecule is c1nc(N2CCCC2c2nnc3n2CCCCC3)c2sccc2n1. The van der Waals surface area contributed by atoms with Crippen LogP contribution in [0.5, 0.6) is 0 Å². The number of aromatic nitrogens is 5. The topological polar surface area (TPSA) is 59.7 Å². The predicted octanol–water partition coefficient (Wildman–Crippen LogP) is 3.35. The molecule has 3 aromatic heterocycles. The molecule has 1 atom stereocenters. The van der Waals surface area contributed by atoms with Crippen molar-refractivity contribution < 1.29 is 0 Å². The molecule has 3 aromatic rings. The van der Waals surface area contributed by atoms with E-state index in [1.807, 2.05) is 0 Å². The molecule has 0 aliphatic carbocycles. The van der Waals surface area contributed by atoms with Crippen molar-refractivity contribution in [3.05, 3.63) is 29.4 Å². The van der Waals surface area contributed by atoms with Crippen molar-refractivity contribution >= 4 is 27.4 Å². The summed E-state index contributed by atoms with van der Waals surface area (Å²) in [5.41, 5.74) is 1.04. The summed E-state index contributed by atoms with van der Waals surface area (Å²) in [7, 11) is 0. The summed E-state index contributed by atoms with van der Waals surface area (Å²) >= 11 is 1.72. The average Bonchev–Trinajstić information content (AvgIpc) is 3.31. The Kier molecular flexibility index (Phi) is 3.47. The largest absolute Gasteiger partial charge is 0.345 e. The third-order valence-electron chi connectivity index (χ3n) is 5.19. The number of rotatable bonds is 2. The zero-order valence-electron chi connectivity index (χ0n) is 13.6. The summed E-state index contributed by atoms with van der Waals surface area (Å²) in [5.74, 6) is 3.36. The van der Waals surface area contributed by atoms with Crippen LogP contribution >= 0.6 is 11.3 Å². The number of thiophene rings is 1. The quantitative estimate of drug-likeness (QED) is 0.716. The van der Waals surface area contributed by atoms with Crippen LogP contribution in [0.15, 0.2) is 17.8 Å². The van der Waals surface area contributed by atoms with Crippen molar-refractivity contribution in [2.45, 2.75) is 51.1 Å². The number of hydrogen-bond acceptors (Lipinski definition) is 6. The first kappa shape index (κ1) is 14.3. The highest BCUT2D eigenvalue weighted by molar-refractivity contribution is 7.17. The minimum atomic E-state index is 0.282. The highest BCUT2D eigenvalue weighted by atomic mass is 32.1. The molecule has 0 saturated carbocycles. The lowest BCUT2D eigenvalue weighted by molar-refractivity contribution is 0.558. The maximum Gasteiger partial charge on any atom is 0.155 e. The summed E-state index contributed by atoms with van der Waals surface area (Å²) in [6.45, 7) is 2.08. The predicted molar refractivity (Wildman–Crippen MR) is 94.3 cm³/mol. The molecule has 0 radical (unpaired) electrons. The van der Waals surface area contributed by atoms with Gasteiger partial charge in [0.1, 0.15) is 12.2 Å². The van der Waals surface area contributed by atoms with Crippen molar-refractivity contribution in [1.29, 1.82) is 0 Å². The Balaban J connectivity index is 1.57. The van der Waals surface area contributed by atoms with Gasteiger partial charge in [-0.15, -0.1) is 21.5 Å². The van der Waals surface area contributed by atoms with Gasteiger partial charge in [0.05, 0.1) is 16.3 Å². The second kappa shape index (κ2) is 5.81. The van der Waals surface area contributed by atoms with Crippen molar-refractivity contribution in [1.82, 2.24) is 24.7 Å². The average molecular weight is 340 g/mol. The summed E-state index contributed by atoms with van der Waals surface area (Å²) < 4.78 is 3.56. The molecular formula is C17H20N6S. The van der Waals surface area contributed by atoms with Gasteiger partial charge < -0.3 is 9.47 Å². The third-order valence-corrected chi connectivity index (χ3v) is 6.08. The van der Waals surface area contributed by atoms with Gasteiger partial charge in [-0.2, -0.15) is 0 Å². The molecule has 1 fully saturated rings. The Labute approximate surface area is 144 Å². The first-order valence-corrected chi connectivity index (χ1v) is 9.66. The van der Waals surface area contributed by atoms with Crippen LogP contribution in [0.4, 0.5) is 5.82 Å². The first-order chi connectivity index (χ1) is 11.9. The maximum atomic E-state index is 4.62. The van der Waals surface area contributed by atoms with Crippen LogP contribution in [0.2, 0.25) is 0 Å². The van der Waals surface area contributed by atoms with Crippen LogP contribution in [0.3, 0.4) is 0 Å².